The average molecular weight is 540 g/mol. The van der Waals surface area contributed by atoms with Gasteiger partial charge in [-0.1, -0.05) is 99.6 Å². The van der Waals surface area contributed by atoms with Crippen LogP contribution >= 0.6 is 0 Å². The molecule has 0 aliphatic heterocycles. The molecule has 3 nitrogen and oxygen atoms in total. The summed E-state index contributed by atoms with van der Waals surface area (Å²) in [5, 5.41) is 0.242. The van der Waals surface area contributed by atoms with Crippen molar-refractivity contribution < 1.29 is 22.7 Å². The van der Waals surface area contributed by atoms with Crippen molar-refractivity contribution in [2.75, 3.05) is 0 Å². The summed E-state index contributed by atoms with van der Waals surface area (Å²) in [6, 6.07) is 27.8. The zero-order valence-electron chi connectivity index (χ0n) is 22.4. The van der Waals surface area contributed by atoms with Gasteiger partial charge < -0.3 is 4.74 Å². The maximum Gasteiger partial charge on any atom is 0.418 e. The molecular weight excluding hydrogens is 511 g/mol. The predicted molar refractivity (Wildman–Crippen MR) is 152 cm³/mol. The van der Waals surface area contributed by atoms with Crippen LogP contribution in [-0.4, -0.2) is 10.8 Å². The maximum absolute atomic E-state index is 13.9. The van der Waals surface area contributed by atoms with Gasteiger partial charge in [0.2, 0.25) is 0 Å². The van der Waals surface area contributed by atoms with Gasteiger partial charge in [0.1, 0.15) is 12.4 Å². The van der Waals surface area contributed by atoms with Gasteiger partial charge in [0.05, 0.1) is 11.1 Å². The van der Waals surface area contributed by atoms with E-state index in [2.05, 4.69) is 37.9 Å². The molecule has 0 radical (unpaired) electrons. The molecule has 4 aromatic carbocycles. The fourth-order valence-corrected chi connectivity index (χ4v) is 4.69. The lowest BCUT2D eigenvalue weighted by Gasteiger charge is -2.19. The van der Waals surface area contributed by atoms with Crippen molar-refractivity contribution in [1.82, 2.24) is 4.98 Å². The van der Waals surface area contributed by atoms with Crippen LogP contribution in [-0.2, 0) is 18.2 Å². The number of halogens is 3. The number of rotatable bonds is 6. The fourth-order valence-electron chi connectivity index (χ4n) is 4.69. The SMILES string of the molecule is CC(C)(C)c1ccc(COc2cccc(-c3c(C(=O)c4ccccc4)cnc4c(C(F)(F)F)cccc34)c2)cc1. The Kier molecular flexibility index (Phi) is 7.19. The molecule has 0 bridgehead atoms. The third-order valence-electron chi connectivity index (χ3n) is 6.83. The number of carbonyl (C=O) groups is 1. The van der Waals surface area contributed by atoms with E-state index < -0.39 is 11.7 Å². The minimum atomic E-state index is -4.60. The van der Waals surface area contributed by atoms with Crippen LogP contribution < -0.4 is 4.74 Å². The van der Waals surface area contributed by atoms with E-state index in [0.29, 0.717) is 29.0 Å². The Balaban J connectivity index is 1.57. The van der Waals surface area contributed by atoms with Gasteiger partial charge in [-0.3, -0.25) is 9.78 Å². The first-order valence-corrected chi connectivity index (χ1v) is 12.9. The van der Waals surface area contributed by atoms with Gasteiger partial charge in [0, 0.05) is 28.3 Å². The van der Waals surface area contributed by atoms with E-state index in [1.807, 2.05) is 12.1 Å². The number of carbonyl (C=O) groups excluding carboxylic acids is 1. The number of benzene rings is 4. The molecule has 202 valence electrons. The number of ether oxygens (including phenoxy) is 1. The summed E-state index contributed by atoms with van der Waals surface area (Å²) < 4.78 is 47.7. The standard InChI is InChI=1S/C34H28F3NO2/c1-33(2,3)25-17-15-22(16-18-25)21-40-26-12-7-11-24(19-26)30-27-13-8-14-29(34(35,36)37)31(27)38-20-28(30)32(39)23-9-5-4-6-10-23/h4-20H,21H2,1-3H3. The third kappa shape index (κ3) is 5.62. The minimum Gasteiger partial charge on any atom is -0.489 e. The lowest BCUT2D eigenvalue weighted by Crippen LogP contribution is -2.10. The van der Waals surface area contributed by atoms with Crippen LogP contribution in [0.2, 0.25) is 0 Å². The Labute approximate surface area is 231 Å². The Morgan fingerprint density at radius 3 is 2.20 bits per heavy atom. The molecule has 0 amide bonds. The second-order valence-electron chi connectivity index (χ2n) is 10.7. The molecule has 0 unspecified atom stereocenters. The van der Waals surface area contributed by atoms with Crippen molar-refractivity contribution in [1.29, 1.82) is 0 Å². The normalized spacial score (nSPS) is 11.9. The number of hydrogen-bond donors (Lipinski definition) is 0. The lowest BCUT2D eigenvalue weighted by molar-refractivity contribution is -0.136. The van der Waals surface area contributed by atoms with Crippen LogP contribution in [0, 0.1) is 0 Å². The van der Waals surface area contributed by atoms with Crippen molar-refractivity contribution >= 4 is 16.7 Å². The van der Waals surface area contributed by atoms with E-state index >= 15 is 0 Å². The molecule has 0 saturated heterocycles. The predicted octanol–water partition coefficient (Wildman–Crippen LogP) is 9.03. The van der Waals surface area contributed by atoms with Crippen LogP contribution in [0.25, 0.3) is 22.0 Å². The topological polar surface area (TPSA) is 39.2 Å². The molecule has 40 heavy (non-hydrogen) atoms. The van der Waals surface area contributed by atoms with Crippen LogP contribution in [0.4, 0.5) is 13.2 Å². The van der Waals surface area contributed by atoms with Gasteiger partial charge in [-0.2, -0.15) is 13.2 Å². The summed E-state index contributed by atoms with van der Waals surface area (Å²) in [4.78, 5) is 17.7. The average Bonchev–Trinajstić information content (AvgIpc) is 2.94. The Hall–Kier alpha value is -4.45. The smallest absolute Gasteiger partial charge is 0.418 e. The first-order valence-electron chi connectivity index (χ1n) is 12.9. The highest BCUT2D eigenvalue weighted by atomic mass is 19.4. The van der Waals surface area contributed by atoms with Crippen LogP contribution in [0.15, 0.2) is 103 Å². The second kappa shape index (κ2) is 10.6. The lowest BCUT2D eigenvalue weighted by atomic mass is 9.87. The molecule has 1 aromatic heterocycles. The van der Waals surface area contributed by atoms with Crippen molar-refractivity contribution in [3.8, 4) is 16.9 Å². The number of ketones is 1. The molecule has 1 heterocycles. The van der Waals surface area contributed by atoms with Crippen LogP contribution in [0.5, 0.6) is 5.75 Å². The van der Waals surface area contributed by atoms with Crippen molar-refractivity contribution in [2.45, 2.75) is 39.0 Å². The monoisotopic (exact) mass is 539 g/mol. The van der Waals surface area contributed by atoms with Gasteiger partial charge >= 0.3 is 6.18 Å². The van der Waals surface area contributed by atoms with Crippen LogP contribution in [0.3, 0.4) is 0 Å². The van der Waals surface area contributed by atoms with E-state index in [1.54, 1.807) is 60.7 Å². The summed E-state index contributed by atoms with van der Waals surface area (Å²) in [6.45, 7) is 6.78. The van der Waals surface area contributed by atoms with Gasteiger partial charge in [-0.15, -0.1) is 0 Å². The van der Waals surface area contributed by atoms with E-state index in [1.165, 1.54) is 17.8 Å². The highest BCUT2D eigenvalue weighted by Crippen LogP contribution is 2.39. The highest BCUT2D eigenvalue weighted by molar-refractivity contribution is 6.16. The summed E-state index contributed by atoms with van der Waals surface area (Å²) in [5.41, 5.74) is 2.77. The van der Waals surface area contributed by atoms with Crippen LogP contribution in [0.1, 0.15) is 53.4 Å². The number of nitrogens with zero attached hydrogens (tertiary/aromatic N) is 1. The first kappa shape index (κ1) is 27.1. The second-order valence-corrected chi connectivity index (χ2v) is 10.7. The van der Waals surface area contributed by atoms with Gasteiger partial charge in [0.15, 0.2) is 5.78 Å². The quantitative estimate of drug-likeness (QED) is 0.202. The zero-order chi connectivity index (χ0) is 28.5. The molecule has 0 spiro atoms. The highest BCUT2D eigenvalue weighted by Gasteiger charge is 2.34. The largest absolute Gasteiger partial charge is 0.489 e. The molecule has 6 heteroatoms. The van der Waals surface area contributed by atoms with Crippen molar-refractivity contribution in [2.24, 2.45) is 0 Å². The number of pyridine rings is 1. The molecular formula is C34H28F3NO2. The Bertz CT molecular complexity index is 1670. The number of para-hydroxylation sites is 1. The van der Waals surface area contributed by atoms with E-state index in [9.17, 15) is 18.0 Å². The first-order chi connectivity index (χ1) is 19.0. The Morgan fingerprint density at radius 1 is 0.825 bits per heavy atom. The van der Waals surface area contributed by atoms with Gasteiger partial charge in [-0.25, -0.2) is 0 Å². The van der Waals surface area contributed by atoms with Gasteiger partial charge in [-0.05, 0) is 40.3 Å². The number of hydrogen-bond acceptors (Lipinski definition) is 3. The van der Waals surface area contributed by atoms with Gasteiger partial charge in [0.25, 0.3) is 0 Å². The van der Waals surface area contributed by atoms with Crippen molar-refractivity contribution in [3.63, 3.8) is 0 Å². The van der Waals surface area contributed by atoms with E-state index in [0.717, 1.165) is 11.6 Å². The summed E-state index contributed by atoms with van der Waals surface area (Å²) in [5.74, 6) is 0.208. The number of aromatic nitrogens is 1. The zero-order valence-corrected chi connectivity index (χ0v) is 22.4. The summed E-state index contributed by atoms with van der Waals surface area (Å²) >= 11 is 0. The minimum absolute atomic E-state index is 0.0436. The molecule has 0 N–H and O–H groups in total. The maximum atomic E-state index is 13.9. The van der Waals surface area contributed by atoms with Crippen molar-refractivity contribution in [3.05, 3.63) is 131 Å². The Morgan fingerprint density at radius 2 is 1.52 bits per heavy atom. The third-order valence-corrected chi connectivity index (χ3v) is 6.83. The summed E-state index contributed by atoms with van der Waals surface area (Å²) in [7, 11) is 0. The molecule has 0 aliphatic rings. The van der Waals surface area contributed by atoms with E-state index in [4.69, 9.17) is 4.74 Å². The molecule has 5 aromatic rings. The summed E-state index contributed by atoms with van der Waals surface area (Å²) in [6.07, 6.45) is -3.35. The molecule has 5 rings (SSSR count). The number of alkyl halides is 3. The number of fused-ring (bicyclic) bond motifs is 1. The molecule has 0 atom stereocenters. The molecule has 0 saturated carbocycles. The molecule has 0 aliphatic carbocycles. The van der Waals surface area contributed by atoms with E-state index in [-0.39, 0.29) is 27.7 Å². The molecule has 0 fully saturated rings. The fraction of sp³-hybridized carbons (Fsp3) is 0.176.